The van der Waals surface area contributed by atoms with Crippen molar-refractivity contribution in [2.24, 2.45) is 11.8 Å². The van der Waals surface area contributed by atoms with Crippen LogP contribution in [0.5, 0.6) is 0 Å². The Kier molecular flexibility index (Phi) is 5.68. The van der Waals surface area contributed by atoms with E-state index in [9.17, 15) is 9.59 Å². The fourth-order valence-electron chi connectivity index (χ4n) is 3.27. The number of carbonyl (C=O) groups excluding carboxylic acids is 2. The predicted molar refractivity (Wildman–Crippen MR) is 95.2 cm³/mol. The molecule has 138 valence electrons. The van der Waals surface area contributed by atoms with E-state index in [0.29, 0.717) is 18.0 Å². The second kappa shape index (κ2) is 7.80. The fraction of sp³-hybridized carbons (Fsp3) is 0.471. The van der Waals surface area contributed by atoms with Gasteiger partial charge in [0.2, 0.25) is 5.91 Å². The third-order valence-corrected chi connectivity index (χ3v) is 5.26. The van der Waals surface area contributed by atoms with Crippen LogP contribution < -0.4 is 10.7 Å². The van der Waals surface area contributed by atoms with Crippen LogP contribution in [-0.4, -0.2) is 42.2 Å². The van der Waals surface area contributed by atoms with E-state index in [1.54, 1.807) is 6.07 Å². The summed E-state index contributed by atoms with van der Waals surface area (Å²) in [7, 11) is 0. The van der Waals surface area contributed by atoms with E-state index in [4.69, 9.17) is 33.2 Å². The molecule has 1 aromatic carbocycles. The lowest BCUT2D eigenvalue weighted by Gasteiger charge is -2.39. The van der Waals surface area contributed by atoms with Crippen LogP contribution in [0.25, 0.3) is 0 Å². The molecule has 0 saturated carbocycles. The van der Waals surface area contributed by atoms with Gasteiger partial charge in [-0.1, -0.05) is 23.2 Å². The zero-order chi connectivity index (χ0) is 18.8. The van der Waals surface area contributed by atoms with Crippen LogP contribution in [-0.2, 0) is 9.53 Å². The summed E-state index contributed by atoms with van der Waals surface area (Å²) in [6.45, 7) is 2.41. The molecule has 1 amide bonds. The number of benzene rings is 1. The normalized spacial score (nSPS) is 27.8. The summed E-state index contributed by atoms with van der Waals surface area (Å²) in [6.07, 6.45) is 0.0423. The van der Waals surface area contributed by atoms with Gasteiger partial charge in [-0.05, 0) is 31.5 Å². The summed E-state index contributed by atoms with van der Waals surface area (Å²) < 4.78 is 5.26. The van der Waals surface area contributed by atoms with Crippen LogP contribution in [0, 0.1) is 23.2 Å². The number of fused-ring (bicyclic) bond motifs is 1. The van der Waals surface area contributed by atoms with Crippen LogP contribution in [0.15, 0.2) is 18.2 Å². The van der Waals surface area contributed by atoms with E-state index in [0.717, 1.165) is 0 Å². The number of nitriles is 1. The molecule has 2 aliphatic rings. The molecule has 0 radical (unpaired) electrons. The summed E-state index contributed by atoms with van der Waals surface area (Å²) in [4.78, 5) is 24.8. The van der Waals surface area contributed by atoms with Gasteiger partial charge in [-0.3, -0.25) is 15.1 Å². The molecule has 2 N–H and O–H groups in total. The number of hydrazine groups is 1. The highest BCUT2D eigenvalue weighted by atomic mass is 35.5. The lowest BCUT2D eigenvalue weighted by molar-refractivity contribution is -0.147. The van der Waals surface area contributed by atoms with Gasteiger partial charge in [0.1, 0.15) is 6.17 Å². The number of nitrogens with one attached hydrogen (secondary N) is 2. The second-order valence-electron chi connectivity index (χ2n) is 6.36. The largest absolute Gasteiger partial charge is 0.462 e. The predicted octanol–water partition coefficient (Wildman–Crippen LogP) is 1.96. The van der Waals surface area contributed by atoms with Gasteiger partial charge in [0.05, 0.1) is 35.1 Å². The van der Waals surface area contributed by atoms with Gasteiger partial charge < -0.3 is 4.74 Å². The minimum Gasteiger partial charge on any atom is -0.462 e. The lowest BCUT2D eigenvalue weighted by Crippen LogP contribution is -2.63. The number of rotatable bonds is 4. The highest BCUT2D eigenvalue weighted by molar-refractivity contribution is 6.36. The molecule has 3 rings (SSSR count). The molecule has 2 fully saturated rings. The molecule has 0 aliphatic carbocycles. The van der Waals surface area contributed by atoms with E-state index < -0.39 is 5.97 Å². The number of hydrogen-bond donors (Lipinski definition) is 2. The Morgan fingerprint density at radius 3 is 2.92 bits per heavy atom. The fourth-order valence-corrected chi connectivity index (χ4v) is 3.76. The first-order valence-corrected chi connectivity index (χ1v) is 9.02. The summed E-state index contributed by atoms with van der Waals surface area (Å²) in [6, 6.07) is 6.60. The van der Waals surface area contributed by atoms with Gasteiger partial charge in [0.25, 0.3) is 0 Å². The Morgan fingerprint density at radius 1 is 1.46 bits per heavy atom. The lowest BCUT2D eigenvalue weighted by atomic mass is 9.92. The number of halogens is 2. The SMILES string of the molecule is CC1NC2C(C#N)CNN2C(=O)C1CCOC(=O)c1ccc(Cl)cc1Cl. The first kappa shape index (κ1) is 18.9. The molecule has 4 atom stereocenters. The van der Waals surface area contributed by atoms with Gasteiger partial charge >= 0.3 is 5.97 Å². The van der Waals surface area contributed by atoms with Crippen molar-refractivity contribution in [3.05, 3.63) is 33.8 Å². The van der Waals surface area contributed by atoms with Gasteiger partial charge in [0, 0.05) is 17.6 Å². The van der Waals surface area contributed by atoms with Crippen LogP contribution in [0.4, 0.5) is 0 Å². The van der Waals surface area contributed by atoms with Crippen molar-refractivity contribution < 1.29 is 14.3 Å². The zero-order valence-corrected chi connectivity index (χ0v) is 15.5. The highest BCUT2D eigenvalue weighted by Crippen LogP contribution is 2.26. The third-order valence-electron chi connectivity index (χ3n) is 4.71. The Morgan fingerprint density at radius 2 is 2.23 bits per heavy atom. The molecule has 7 nitrogen and oxygen atoms in total. The van der Waals surface area contributed by atoms with Crippen molar-refractivity contribution in [1.82, 2.24) is 15.8 Å². The van der Waals surface area contributed by atoms with Gasteiger partial charge in [-0.25, -0.2) is 10.2 Å². The molecule has 2 aliphatic heterocycles. The summed E-state index contributed by atoms with van der Waals surface area (Å²) in [5.41, 5.74) is 3.19. The van der Waals surface area contributed by atoms with Crippen molar-refractivity contribution in [2.75, 3.05) is 13.2 Å². The Hall–Kier alpha value is -1.85. The standard InChI is InChI=1S/C17H18Cl2N4O3/c1-9-12(16(24)23-15(22-9)10(7-20)8-21-23)4-5-26-17(25)13-3-2-11(18)6-14(13)19/h2-3,6,9-10,12,15,21-22H,4-5,8H2,1H3. The Bertz CT molecular complexity index is 767. The molecular weight excluding hydrogens is 379 g/mol. The van der Waals surface area contributed by atoms with Crippen molar-refractivity contribution in [3.8, 4) is 6.07 Å². The van der Waals surface area contributed by atoms with Crippen LogP contribution in [0.1, 0.15) is 23.7 Å². The number of carbonyl (C=O) groups is 2. The Balaban J connectivity index is 1.57. The number of amides is 1. The maximum absolute atomic E-state index is 12.7. The van der Waals surface area contributed by atoms with Crippen LogP contribution in [0.3, 0.4) is 0 Å². The molecule has 2 saturated heterocycles. The molecule has 26 heavy (non-hydrogen) atoms. The maximum Gasteiger partial charge on any atom is 0.339 e. The van der Waals surface area contributed by atoms with E-state index in [2.05, 4.69) is 16.8 Å². The van der Waals surface area contributed by atoms with Crippen molar-refractivity contribution >= 4 is 35.1 Å². The molecule has 4 unspecified atom stereocenters. The highest BCUT2D eigenvalue weighted by Gasteiger charge is 2.46. The summed E-state index contributed by atoms with van der Waals surface area (Å²) in [5.74, 6) is -1.30. The smallest absolute Gasteiger partial charge is 0.339 e. The monoisotopic (exact) mass is 396 g/mol. The molecule has 9 heteroatoms. The summed E-state index contributed by atoms with van der Waals surface area (Å²) in [5, 5.41) is 14.6. The van der Waals surface area contributed by atoms with Crippen molar-refractivity contribution in [2.45, 2.75) is 25.6 Å². The van der Waals surface area contributed by atoms with Gasteiger partial charge in [-0.15, -0.1) is 0 Å². The van der Waals surface area contributed by atoms with E-state index in [-0.39, 0.29) is 47.1 Å². The second-order valence-corrected chi connectivity index (χ2v) is 7.21. The zero-order valence-electron chi connectivity index (χ0n) is 14.0. The molecule has 2 heterocycles. The molecular formula is C17H18Cl2N4O3. The number of esters is 1. The average molecular weight is 397 g/mol. The number of hydrogen-bond acceptors (Lipinski definition) is 6. The van der Waals surface area contributed by atoms with E-state index in [1.165, 1.54) is 17.1 Å². The molecule has 0 bridgehead atoms. The van der Waals surface area contributed by atoms with Crippen LogP contribution >= 0.6 is 23.2 Å². The van der Waals surface area contributed by atoms with Crippen LogP contribution in [0.2, 0.25) is 10.0 Å². The average Bonchev–Trinajstić information content (AvgIpc) is 3.00. The van der Waals surface area contributed by atoms with Crippen molar-refractivity contribution in [1.29, 1.82) is 5.26 Å². The molecule has 1 aromatic rings. The van der Waals surface area contributed by atoms with E-state index in [1.807, 2.05) is 6.92 Å². The van der Waals surface area contributed by atoms with Gasteiger partial charge in [0.15, 0.2) is 0 Å². The Labute approximate surface area is 161 Å². The molecule has 0 spiro atoms. The topological polar surface area (TPSA) is 94.5 Å². The first-order valence-electron chi connectivity index (χ1n) is 8.26. The third kappa shape index (κ3) is 3.64. The van der Waals surface area contributed by atoms with E-state index >= 15 is 0 Å². The number of ether oxygens (including phenoxy) is 1. The maximum atomic E-state index is 12.7. The van der Waals surface area contributed by atoms with Crippen molar-refractivity contribution in [3.63, 3.8) is 0 Å². The molecule has 0 aromatic heterocycles. The minimum atomic E-state index is -0.558. The number of nitrogens with zero attached hydrogens (tertiary/aromatic N) is 2. The summed E-state index contributed by atoms with van der Waals surface area (Å²) >= 11 is 11.8. The quantitative estimate of drug-likeness (QED) is 0.755. The minimum absolute atomic E-state index is 0.0837. The first-order chi connectivity index (χ1) is 12.4. The van der Waals surface area contributed by atoms with Gasteiger partial charge in [-0.2, -0.15) is 5.26 Å².